The topological polar surface area (TPSA) is 3.24 Å². The first kappa shape index (κ1) is 7.25. The van der Waals surface area contributed by atoms with Crippen LogP contribution >= 0.6 is 11.6 Å². The second-order valence-electron chi connectivity index (χ2n) is 1.70. The Hall–Kier alpha value is 0.250. The van der Waals surface area contributed by atoms with E-state index in [1.807, 2.05) is 7.05 Å². The Bertz CT molecular complexity index is 39.1. The predicted molar refractivity (Wildman–Crippen MR) is 33.6 cm³/mol. The summed E-state index contributed by atoms with van der Waals surface area (Å²) in [5.41, 5.74) is 0. The average molecular weight is 122 g/mol. The fraction of sp³-hybridized carbons (Fsp3) is 1.00. The first-order valence-electron chi connectivity index (χ1n) is 2.55. The third-order valence-electron chi connectivity index (χ3n) is 0.809. The van der Waals surface area contributed by atoms with Crippen molar-refractivity contribution >= 4 is 11.6 Å². The first-order valence-corrected chi connectivity index (χ1v) is 3.09. The molecule has 0 unspecified atom stereocenters. The van der Waals surface area contributed by atoms with Gasteiger partial charge in [0.2, 0.25) is 0 Å². The van der Waals surface area contributed by atoms with Gasteiger partial charge >= 0.3 is 0 Å². The molecule has 0 aliphatic heterocycles. The molecule has 0 saturated carbocycles. The molecular weight excluding hydrogens is 110 g/mol. The maximum Gasteiger partial charge on any atom is 0.0735 e. The number of hydrogen-bond acceptors (Lipinski definition) is 1. The fourth-order valence-electron chi connectivity index (χ4n) is 0.441. The van der Waals surface area contributed by atoms with Gasteiger partial charge in [0.25, 0.3) is 0 Å². The Morgan fingerprint density at radius 1 is 1.57 bits per heavy atom. The van der Waals surface area contributed by atoms with E-state index in [2.05, 4.69) is 11.8 Å². The molecule has 2 heteroatoms. The molecule has 44 valence electrons. The molecule has 0 rings (SSSR count). The average Bonchev–Trinajstić information content (AvgIpc) is 1.68. The lowest BCUT2D eigenvalue weighted by Crippen LogP contribution is -2.16. The summed E-state index contributed by atoms with van der Waals surface area (Å²) in [7, 11) is 2.01. The standard InChI is InChI=1S/C5H12ClN/c1-3-4-7(2)5-6/h3-5H2,1-2H3. The molecule has 0 atom stereocenters. The second kappa shape index (κ2) is 4.41. The molecule has 1 nitrogen and oxygen atoms in total. The highest BCUT2D eigenvalue weighted by Crippen LogP contribution is 1.86. The number of nitrogens with zero attached hydrogens (tertiary/aromatic N) is 1. The zero-order valence-corrected chi connectivity index (χ0v) is 5.70. The Balaban J connectivity index is 2.83. The minimum absolute atomic E-state index is 0.647. The molecule has 0 aromatic carbocycles. The monoisotopic (exact) mass is 121 g/mol. The van der Waals surface area contributed by atoms with Crippen molar-refractivity contribution < 1.29 is 0 Å². The third kappa shape index (κ3) is 4.10. The molecule has 0 radical (unpaired) electrons. The summed E-state index contributed by atoms with van der Waals surface area (Å²) in [5.74, 6) is 0. The van der Waals surface area contributed by atoms with E-state index in [-0.39, 0.29) is 0 Å². The van der Waals surface area contributed by atoms with E-state index in [1.165, 1.54) is 6.42 Å². The highest BCUT2D eigenvalue weighted by Gasteiger charge is 1.88. The van der Waals surface area contributed by atoms with Crippen LogP contribution in [0, 0.1) is 0 Å². The van der Waals surface area contributed by atoms with Gasteiger partial charge in [0, 0.05) is 0 Å². The van der Waals surface area contributed by atoms with Crippen molar-refractivity contribution in [3.05, 3.63) is 0 Å². The van der Waals surface area contributed by atoms with E-state index in [9.17, 15) is 0 Å². The number of alkyl halides is 1. The minimum atomic E-state index is 0.647. The number of halogens is 1. The lowest BCUT2D eigenvalue weighted by Gasteiger charge is -2.08. The van der Waals surface area contributed by atoms with Crippen LogP contribution in [0.1, 0.15) is 13.3 Å². The Morgan fingerprint density at radius 2 is 2.14 bits per heavy atom. The summed E-state index contributed by atoms with van der Waals surface area (Å²) in [4.78, 5) is 2.07. The van der Waals surface area contributed by atoms with Gasteiger partial charge in [-0.1, -0.05) is 6.92 Å². The molecule has 7 heavy (non-hydrogen) atoms. The molecule has 0 spiro atoms. The molecule has 0 N–H and O–H groups in total. The molecule has 0 saturated heterocycles. The van der Waals surface area contributed by atoms with Crippen LogP contribution < -0.4 is 0 Å². The zero-order chi connectivity index (χ0) is 5.70. The van der Waals surface area contributed by atoms with Crippen LogP contribution in [-0.2, 0) is 0 Å². The second-order valence-corrected chi connectivity index (χ2v) is 1.94. The SMILES string of the molecule is CCCN(C)CCl. The highest BCUT2D eigenvalue weighted by molar-refractivity contribution is 6.17. The van der Waals surface area contributed by atoms with Crippen molar-refractivity contribution in [2.24, 2.45) is 0 Å². The summed E-state index contributed by atoms with van der Waals surface area (Å²) in [5, 5.41) is 0. The number of rotatable bonds is 3. The Labute approximate surface area is 50.3 Å². The van der Waals surface area contributed by atoms with Crippen molar-refractivity contribution in [2.45, 2.75) is 13.3 Å². The van der Waals surface area contributed by atoms with Gasteiger partial charge in [0.05, 0.1) is 6.00 Å². The van der Waals surface area contributed by atoms with E-state index in [0.29, 0.717) is 6.00 Å². The van der Waals surface area contributed by atoms with Gasteiger partial charge < -0.3 is 0 Å². The van der Waals surface area contributed by atoms with Crippen LogP contribution in [0.4, 0.5) is 0 Å². The van der Waals surface area contributed by atoms with E-state index in [1.54, 1.807) is 0 Å². The van der Waals surface area contributed by atoms with Crippen molar-refractivity contribution in [1.82, 2.24) is 4.90 Å². The zero-order valence-electron chi connectivity index (χ0n) is 4.95. The van der Waals surface area contributed by atoms with Gasteiger partial charge in [-0.2, -0.15) is 0 Å². The van der Waals surface area contributed by atoms with Gasteiger partial charge in [0.1, 0.15) is 0 Å². The molecule has 0 aromatic heterocycles. The maximum absolute atomic E-state index is 5.46. The van der Waals surface area contributed by atoms with E-state index in [0.717, 1.165) is 6.54 Å². The predicted octanol–water partition coefficient (Wildman–Crippen LogP) is 1.52. The van der Waals surface area contributed by atoms with Gasteiger partial charge in [-0.3, -0.25) is 4.90 Å². The maximum atomic E-state index is 5.46. The van der Waals surface area contributed by atoms with Crippen molar-refractivity contribution in [3.8, 4) is 0 Å². The Kier molecular flexibility index (Phi) is 4.57. The molecule has 0 amide bonds. The van der Waals surface area contributed by atoms with E-state index >= 15 is 0 Å². The fourth-order valence-corrected chi connectivity index (χ4v) is 0.561. The molecule has 0 aromatic rings. The molecule has 0 bridgehead atoms. The van der Waals surface area contributed by atoms with Crippen LogP contribution in [-0.4, -0.2) is 24.5 Å². The van der Waals surface area contributed by atoms with Crippen molar-refractivity contribution in [2.75, 3.05) is 19.6 Å². The largest absolute Gasteiger partial charge is 0.293 e. The molecule has 0 fully saturated rings. The third-order valence-corrected chi connectivity index (χ3v) is 1.22. The smallest absolute Gasteiger partial charge is 0.0735 e. The van der Waals surface area contributed by atoms with Crippen LogP contribution in [0.5, 0.6) is 0 Å². The quantitative estimate of drug-likeness (QED) is 0.404. The van der Waals surface area contributed by atoms with Crippen LogP contribution in [0.3, 0.4) is 0 Å². The molecule has 0 aliphatic carbocycles. The van der Waals surface area contributed by atoms with Gasteiger partial charge in [-0.05, 0) is 20.0 Å². The lowest BCUT2D eigenvalue weighted by atomic mass is 10.5. The van der Waals surface area contributed by atoms with Gasteiger partial charge in [-0.25, -0.2) is 0 Å². The van der Waals surface area contributed by atoms with Crippen LogP contribution in [0.25, 0.3) is 0 Å². The van der Waals surface area contributed by atoms with Gasteiger partial charge in [-0.15, -0.1) is 11.6 Å². The first-order chi connectivity index (χ1) is 3.31. The summed E-state index contributed by atoms with van der Waals surface area (Å²) < 4.78 is 0. The van der Waals surface area contributed by atoms with Crippen LogP contribution in [0.2, 0.25) is 0 Å². The summed E-state index contributed by atoms with van der Waals surface area (Å²) in [6, 6.07) is 0.647. The summed E-state index contributed by atoms with van der Waals surface area (Å²) in [6.45, 7) is 3.24. The molecule has 0 aliphatic rings. The normalized spacial score (nSPS) is 10.3. The molecular formula is C5H12ClN. The number of hydrogen-bond donors (Lipinski definition) is 0. The van der Waals surface area contributed by atoms with Crippen molar-refractivity contribution in [3.63, 3.8) is 0 Å². The van der Waals surface area contributed by atoms with Crippen molar-refractivity contribution in [1.29, 1.82) is 0 Å². The molecule has 0 heterocycles. The lowest BCUT2D eigenvalue weighted by molar-refractivity contribution is 0.389. The summed E-state index contributed by atoms with van der Waals surface area (Å²) in [6.07, 6.45) is 1.18. The van der Waals surface area contributed by atoms with E-state index < -0.39 is 0 Å². The van der Waals surface area contributed by atoms with Gasteiger partial charge in [0.15, 0.2) is 0 Å². The highest BCUT2D eigenvalue weighted by atomic mass is 35.5. The van der Waals surface area contributed by atoms with E-state index in [4.69, 9.17) is 11.6 Å². The minimum Gasteiger partial charge on any atom is -0.293 e. The van der Waals surface area contributed by atoms with Crippen LogP contribution in [0.15, 0.2) is 0 Å². The Morgan fingerprint density at radius 3 is 2.29 bits per heavy atom. The summed E-state index contributed by atoms with van der Waals surface area (Å²) >= 11 is 5.46.